The molecule has 0 aromatic heterocycles. The molecule has 0 aliphatic rings. The molecule has 14 heteroatoms. The van der Waals surface area contributed by atoms with Crippen molar-refractivity contribution in [1.29, 1.82) is 0 Å². The number of primary amides is 1. The molecule has 0 aliphatic carbocycles. The molecule has 10 N–H and O–H groups in total. The van der Waals surface area contributed by atoms with E-state index in [4.69, 9.17) is 11.5 Å². The lowest BCUT2D eigenvalue weighted by atomic mass is 10.0. The van der Waals surface area contributed by atoms with Crippen LogP contribution in [0.1, 0.15) is 24.0 Å². The van der Waals surface area contributed by atoms with Crippen molar-refractivity contribution >= 4 is 41.4 Å². The highest BCUT2D eigenvalue weighted by Gasteiger charge is 2.31. The van der Waals surface area contributed by atoms with Gasteiger partial charge in [-0.1, -0.05) is 24.3 Å². The van der Waals surface area contributed by atoms with Gasteiger partial charge in [0.1, 0.15) is 29.6 Å². The van der Waals surface area contributed by atoms with Crippen molar-refractivity contribution < 1.29 is 39.3 Å². The average molecular weight is 590 g/mol. The van der Waals surface area contributed by atoms with Gasteiger partial charge in [-0.3, -0.25) is 19.2 Å². The monoisotopic (exact) mass is 589 g/mol. The quantitative estimate of drug-likeness (QED) is 0.123. The Hall–Kier alpha value is -4.30. The van der Waals surface area contributed by atoms with Crippen LogP contribution in [0, 0.1) is 0 Å². The third kappa shape index (κ3) is 11.4. The molecule has 4 unspecified atom stereocenters. The van der Waals surface area contributed by atoms with Crippen LogP contribution in [0.5, 0.6) is 11.5 Å². The fourth-order valence-electron chi connectivity index (χ4n) is 3.75. The summed E-state index contributed by atoms with van der Waals surface area (Å²) in [6.07, 6.45) is 1.43. The minimum Gasteiger partial charge on any atom is -0.508 e. The first-order valence-corrected chi connectivity index (χ1v) is 14.0. The van der Waals surface area contributed by atoms with Gasteiger partial charge in [0.05, 0.1) is 12.5 Å². The summed E-state index contributed by atoms with van der Waals surface area (Å²) in [7, 11) is 0. The molecule has 0 saturated carbocycles. The number of thioether (sulfide) groups is 1. The van der Waals surface area contributed by atoms with Crippen molar-refractivity contribution in [2.75, 3.05) is 12.0 Å². The van der Waals surface area contributed by atoms with Gasteiger partial charge in [0.25, 0.3) is 0 Å². The maximum absolute atomic E-state index is 13.5. The first kappa shape index (κ1) is 32.9. The van der Waals surface area contributed by atoms with Crippen LogP contribution in [0.2, 0.25) is 0 Å². The maximum Gasteiger partial charge on any atom is 0.326 e. The summed E-state index contributed by atoms with van der Waals surface area (Å²) in [4.78, 5) is 62.4. The molecule has 222 valence electrons. The largest absolute Gasteiger partial charge is 0.508 e. The van der Waals surface area contributed by atoms with Gasteiger partial charge in [-0.05, 0) is 53.8 Å². The number of benzene rings is 2. The van der Waals surface area contributed by atoms with E-state index in [9.17, 15) is 39.3 Å². The number of hydrogen-bond donors (Lipinski definition) is 8. The molecule has 13 nitrogen and oxygen atoms in total. The van der Waals surface area contributed by atoms with Crippen LogP contribution >= 0.6 is 11.8 Å². The molecule has 2 aromatic carbocycles. The number of carboxylic acids is 1. The summed E-state index contributed by atoms with van der Waals surface area (Å²) in [6, 6.07) is 6.70. The molecule has 4 atom stereocenters. The third-order valence-electron chi connectivity index (χ3n) is 6.01. The van der Waals surface area contributed by atoms with Gasteiger partial charge < -0.3 is 42.7 Å². The Morgan fingerprint density at radius 1 is 0.756 bits per heavy atom. The Balaban J connectivity index is 2.33. The van der Waals surface area contributed by atoms with E-state index < -0.39 is 60.2 Å². The molecule has 0 aliphatic heterocycles. The van der Waals surface area contributed by atoms with E-state index in [2.05, 4.69) is 16.0 Å². The topological polar surface area (TPSA) is 234 Å². The van der Waals surface area contributed by atoms with Crippen LogP contribution in [-0.2, 0) is 36.8 Å². The molecule has 4 amide bonds. The van der Waals surface area contributed by atoms with E-state index in [0.29, 0.717) is 23.3 Å². The molecule has 0 radical (unpaired) electrons. The zero-order valence-electron chi connectivity index (χ0n) is 22.4. The lowest BCUT2D eigenvalue weighted by Crippen LogP contribution is -2.58. The highest BCUT2D eigenvalue weighted by molar-refractivity contribution is 7.98. The van der Waals surface area contributed by atoms with Gasteiger partial charge in [0.15, 0.2) is 0 Å². The minimum absolute atomic E-state index is 0.00690. The predicted octanol–water partition coefficient (Wildman–Crippen LogP) is -0.622. The first-order chi connectivity index (χ1) is 19.4. The number of carbonyl (C=O) groups excluding carboxylic acids is 4. The molecule has 2 aromatic rings. The van der Waals surface area contributed by atoms with Crippen LogP contribution < -0.4 is 27.4 Å². The third-order valence-corrected chi connectivity index (χ3v) is 6.65. The normalized spacial score (nSPS) is 13.7. The Morgan fingerprint density at radius 2 is 1.17 bits per heavy atom. The number of carboxylic acid groups (broad SMARTS) is 1. The molecule has 0 fully saturated rings. The van der Waals surface area contributed by atoms with Crippen LogP contribution in [0.3, 0.4) is 0 Å². The van der Waals surface area contributed by atoms with Crippen LogP contribution in [0.15, 0.2) is 48.5 Å². The Morgan fingerprint density at radius 3 is 1.56 bits per heavy atom. The van der Waals surface area contributed by atoms with Crippen LogP contribution in [0.4, 0.5) is 0 Å². The van der Waals surface area contributed by atoms with Crippen molar-refractivity contribution in [3.63, 3.8) is 0 Å². The Kier molecular flexibility index (Phi) is 12.9. The smallest absolute Gasteiger partial charge is 0.326 e. The molecule has 0 spiro atoms. The standard InChI is InChI=1S/C27H35N5O8S/c1-41-11-10-19(28)24(36)30-20(12-15-2-6-17(33)7-3-15)25(37)31-21(13-16-4-8-18(34)9-5-16)26(38)32-22(27(39)40)14-23(29)35/h2-9,19-22,33-34H,10-14,28H2,1H3,(H2,29,35)(H,30,36)(H,31,37)(H,32,38)(H,39,40). The number of phenolic OH excluding ortho intramolecular Hbond substituents is 2. The second-order valence-electron chi connectivity index (χ2n) is 9.32. The zero-order valence-corrected chi connectivity index (χ0v) is 23.2. The van der Waals surface area contributed by atoms with E-state index in [1.807, 2.05) is 6.26 Å². The van der Waals surface area contributed by atoms with Crippen molar-refractivity contribution in [2.24, 2.45) is 11.5 Å². The zero-order chi connectivity index (χ0) is 30.5. The number of nitrogens with one attached hydrogen (secondary N) is 3. The summed E-state index contributed by atoms with van der Waals surface area (Å²) < 4.78 is 0. The fraction of sp³-hybridized carbons (Fsp3) is 0.370. The number of amides is 4. The second-order valence-corrected chi connectivity index (χ2v) is 10.3. The summed E-state index contributed by atoms with van der Waals surface area (Å²) >= 11 is 1.51. The van der Waals surface area contributed by atoms with Gasteiger partial charge in [-0.15, -0.1) is 0 Å². The fourth-order valence-corrected chi connectivity index (χ4v) is 4.24. The molecular formula is C27H35N5O8S. The molecule has 0 saturated heterocycles. The van der Waals surface area contributed by atoms with Crippen LogP contribution in [0.25, 0.3) is 0 Å². The van der Waals surface area contributed by atoms with Crippen molar-refractivity contribution in [1.82, 2.24) is 16.0 Å². The number of carbonyl (C=O) groups is 5. The van der Waals surface area contributed by atoms with Crippen molar-refractivity contribution in [2.45, 2.75) is 49.9 Å². The van der Waals surface area contributed by atoms with Gasteiger partial charge in [0.2, 0.25) is 23.6 Å². The maximum atomic E-state index is 13.5. The number of phenols is 2. The number of aromatic hydroxyl groups is 2. The summed E-state index contributed by atoms with van der Waals surface area (Å²) in [6.45, 7) is 0. The highest BCUT2D eigenvalue weighted by Crippen LogP contribution is 2.14. The molecule has 0 heterocycles. The van der Waals surface area contributed by atoms with E-state index >= 15 is 0 Å². The Labute approximate surface area is 241 Å². The van der Waals surface area contributed by atoms with Crippen molar-refractivity contribution in [3.05, 3.63) is 59.7 Å². The number of nitrogens with two attached hydrogens (primary N) is 2. The van der Waals surface area contributed by atoms with Gasteiger partial charge in [-0.2, -0.15) is 11.8 Å². The summed E-state index contributed by atoms with van der Waals surface area (Å²) in [5, 5.41) is 36.0. The van der Waals surface area contributed by atoms with E-state index in [0.717, 1.165) is 0 Å². The second kappa shape index (κ2) is 16.1. The number of rotatable bonds is 16. The lowest BCUT2D eigenvalue weighted by molar-refractivity contribution is -0.143. The molecule has 0 bridgehead atoms. The summed E-state index contributed by atoms with van der Waals surface area (Å²) in [5.74, 6) is -4.10. The van der Waals surface area contributed by atoms with Gasteiger partial charge in [-0.25, -0.2) is 4.79 Å². The summed E-state index contributed by atoms with van der Waals surface area (Å²) in [5.41, 5.74) is 12.2. The van der Waals surface area contributed by atoms with Gasteiger partial charge in [0, 0.05) is 12.8 Å². The lowest BCUT2D eigenvalue weighted by Gasteiger charge is -2.25. The molecular weight excluding hydrogens is 554 g/mol. The van der Waals surface area contributed by atoms with E-state index in [-0.39, 0.29) is 24.3 Å². The minimum atomic E-state index is -1.64. The molecule has 41 heavy (non-hydrogen) atoms. The molecule has 2 rings (SSSR count). The predicted molar refractivity (Wildman–Crippen MR) is 152 cm³/mol. The average Bonchev–Trinajstić information content (AvgIpc) is 2.92. The van der Waals surface area contributed by atoms with Crippen LogP contribution in [-0.4, -0.2) is 81.1 Å². The number of aliphatic carboxylic acids is 1. The van der Waals surface area contributed by atoms with Crippen molar-refractivity contribution in [3.8, 4) is 11.5 Å². The SMILES string of the molecule is CSCCC(N)C(=O)NC(Cc1ccc(O)cc1)C(=O)NC(Cc1ccc(O)cc1)C(=O)NC(CC(N)=O)C(=O)O. The highest BCUT2D eigenvalue weighted by atomic mass is 32.2. The first-order valence-electron chi connectivity index (χ1n) is 12.6. The van der Waals surface area contributed by atoms with E-state index in [1.54, 1.807) is 12.1 Å². The van der Waals surface area contributed by atoms with E-state index in [1.165, 1.54) is 48.2 Å². The number of hydrogen-bond acceptors (Lipinski definition) is 9. The van der Waals surface area contributed by atoms with Gasteiger partial charge >= 0.3 is 5.97 Å². The Bertz CT molecular complexity index is 1210.